The molecule has 1 aliphatic heterocycles. The zero-order valence-corrected chi connectivity index (χ0v) is 11.1. The molecular formula is C13H15N3O5. The average Bonchev–Trinajstić information content (AvgIpc) is 2.53. The summed E-state index contributed by atoms with van der Waals surface area (Å²) in [7, 11) is 0. The van der Waals surface area contributed by atoms with Crippen molar-refractivity contribution >= 4 is 29.2 Å². The minimum Gasteiger partial charge on any atom is -0.480 e. The average molecular weight is 293 g/mol. The fourth-order valence-corrected chi connectivity index (χ4v) is 1.91. The highest BCUT2D eigenvalue weighted by atomic mass is 16.5. The van der Waals surface area contributed by atoms with Crippen molar-refractivity contribution in [1.82, 2.24) is 0 Å². The summed E-state index contributed by atoms with van der Waals surface area (Å²) in [6, 6.07) is 4.41. The van der Waals surface area contributed by atoms with E-state index in [0.717, 1.165) is 0 Å². The molecule has 0 aromatic heterocycles. The van der Waals surface area contributed by atoms with Gasteiger partial charge in [0.15, 0.2) is 0 Å². The predicted octanol–water partition coefficient (Wildman–Crippen LogP) is 0.0683. The molecule has 1 unspecified atom stereocenters. The molecule has 0 aliphatic carbocycles. The number of fused-ring (bicyclic) bond motifs is 1. The topological polar surface area (TPSA) is 131 Å². The summed E-state index contributed by atoms with van der Waals surface area (Å²) in [5.41, 5.74) is 7.51. The molecule has 5 N–H and O–H groups in total. The standard InChI is InChI=1S/C13H15N3O5/c14-8(5-21-6-13(19)20)7-1-2-9-10(3-7)16-12(18)4-11(17)15-9/h1-3,8H,4-6,14H2,(H,15,17)(H,16,18)(H,19,20). The Morgan fingerprint density at radius 1 is 1.29 bits per heavy atom. The molecule has 2 rings (SSSR count). The van der Waals surface area contributed by atoms with Gasteiger partial charge >= 0.3 is 5.97 Å². The molecule has 0 saturated heterocycles. The van der Waals surface area contributed by atoms with Crippen molar-refractivity contribution in [3.05, 3.63) is 23.8 Å². The van der Waals surface area contributed by atoms with Crippen molar-refractivity contribution in [1.29, 1.82) is 0 Å². The molecule has 1 heterocycles. The number of hydrogen-bond donors (Lipinski definition) is 4. The molecule has 1 aliphatic rings. The lowest BCUT2D eigenvalue weighted by Gasteiger charge is -2.15. The van der Waals surface area contributed by atoms with E-state index in [0.29, 0.717) is 16.9 Å². The number of aliphatic carboxylic acids is 1. The van der Waals surface area contributed by atoms with Gasteiger partial charge in [0.25, 0.3) is 0 Å². The van der Waals surface area contributed by atoms with Crippen molar-refractivity contribution in [2.75, 3.05) is 23.8 Å². The first-order valence-corrected chi connectivity index (χ1v) is 6.24. The Labute approximate surface area is 120 Å². The molecule has 2 amide bonds. The van der Waals surface area contributed by atoms with E-state index in [1.165, 1.54) is 0 Å². The second kappa shape index (κ2) is 6.33. The number of carbonyl (C=O) groups is 3. The number of nitrogens with one attached hydrogen (secondary N) is 2. The van der Waals surface area contributed by atoms with Gasteiger partial charge in [-0.1, -0.05) is 6.07 Å². The maximum Gasteiger partial charge on any atom is 0.329 e. The smallest absolute Gasteiger partial charge is 0.329 e. The van der Waals surface area contributed by atoms with Gasteiger partial charge in [0.05, 0.1) is 24.0 Å². The van der Waals surface area contributed by atoms with Gasteiger partial charge in [0.1, 0.15) is 13.0 Å². The number of benzene rings is 1. The minimum atomic E-state index is -1.07. The Morgan fingerprint density at radius 2 is 1.95 bits per heavy atom. The van der Waals surface area contributed by atoms with Crippen molar-refractivity contribution < 1.29 is 24.2 Å². The van der Waals surface area contributed by atoms with E-state index in [9.17, 15) is 14.4 Å². The van der Waals surface area contributed by atoms with E-state index in [2.05, 4.69) is 10.6 Å². The highest BCUT2D eigenvalue weighted by Gasteiger charge is 2.19. The molecule has 21 heavy (non-hydrogen) atoms. The number of hydrogen-bond acceptors (Lipinski definition) is 5. The third-order valence-electron chi connectivity index (χ3n) is 2.86. The van der Waals surface area contributed by atoms with Crippen LogP contribution in [-0.2, 0) is 19.1 Å². The second-order valence-corrected chi connectivity index (χ2v) is 4.59. The summed E-state index contributed by atoms with van der Waals surface area (Å²) in [5, 5.41) is 13.7. The molecule has 0 radical (unpaired) electrons. The van der Waals surface area contributed by atoms with Crippen LogP contribution in [0.2, 0.25) is 0 Å². The highest BCUT2D eigenvalue weighted by Crippen LogP contribution is 2.27. The van der Waals surface area contributed by atoms with E-state index in [4.69, 9.17) is 15.6 Å². The number of nitrogens with two attached hydrogens (primary N) is 1. The van der Waals surface area contributed by atoms with Crippen molar-refractivity contribution in [3.8, 4) is 0 Å². The lowest BCUT2D eigenvalue weighted by molar-refractivity contribution is -0.142. The second-order valence-electron chi connectivity index (χ2n) is 4.59. The Bertz CT molecular complexity index is 587. The quantitative estimate of drug-likeness (QED) is 0.568. The Morgan fingerprint density at radius 3 is 2.62 bits per heavy atom. The number of rotatable bonds is 5. The Kier molecular flexibility index (Phi) is 4.51. The SMILES string of the molecule is NC(COCC(=O)O)c1ccc2c(c1)NC(=O)CC(=O)N2. The number of ether oxygens (including phenoxy) is 1. The van der Waals surface area contributed by atoms with Crippen LogP contribution in [0.15, 0.2) is 18.2 Å². The molecule has 0 fully saturated rings. The van der Waals surface area contributed by atoms with Gasteiger partial charge in [-0.15, -0.1) is 0 Å². The highest BCUT2D eigenvalue weighted by molar-refractivity contribution is 6.13. The van der Waals surface area contributed by atoms with Gasteiger partial charge in [-0.3, -0.25) is 9.59 Å². The number of carboxylic acid groups (broad SMARTS) is 1. The van der Waals surface area contributed by atoms with Gasteiger partial charge in [0, 0.05) is 0 Å². The zero-order chi connectivity index (χ0) is 15.4. The molecular weight excluding hydrogens is 278 g/mol. The molecule has 1 aromatic carbocycles. The van der Waals surface area contributed by atoms with Crippen molar-refractivity contribution in [2.45, 2.75) is 12.5 Å². The van der Waals surface area contributed by atoms with Gasteiger partial charge in [-0.2, -0.15) is 0 Å². The van der Waals surface area contributed by atoms with E-state index >= 15 is 0 Å². The first-order chi connectivity index (χ1) is 9.95. The molecule has 0 saturated carbocycles. The first-order valence-electron chi connectivity index (χ1n) is 6.24. The monoisotopic (exact) mass is 293 g/mol. The molecule has 112 valence electrons. The van der Waals surface area contributed by atoms with Crippen LogP contribution in [0.4, 0.5) is 11.4 Å². The molecule has 0 bridgehead atoms. The van der Waals surface area contributed by atoms with Crippen molar-refractivity contribution in [3.63, 3.8) is 0 Å². The third kappa shape index (κ3) is 4.01. The fourth-order valence-electron chi connectivity index (χ4n) is 1.91. The molecule has 8 nitrogen and oxygen atoms in total. The van der Waals surface area contributed by atoms with E-state index < -0.39 is 24.5 Å². The number of carbonyl (C=O) groups excluding carboxylic acids is 2. The predicted molar refractivity (Wildman–Crippen MR) is 73.7 cm³/mol. The van der Waals surface area contributed by atoms with Crippen molar-refractivity contribution in [2.24, 2.45) is 5.73 Å². The number of anilines is 2. The summed E-state index contributed by atoms with van der Waals surface area (Å²) in [5.74, 6) is -1.86. The minimum absolute atomic E-state index is 0.0331. The van der Waals surface area contributed by atoms with Crippen LogP contribution in [0.1, 0.15) is 18.0 Å². The van der Waals surface area contributed by atoms with Gasteiger partial charge in [-0.25, -0.2) is 4.79 Å². The third-order valence-corrected chi connectivity index (χ3v) is 2.86. The van der Waals surface area contributed by atoms with Gasteiger partial charge in [0.2, 0.25) is 11.8 Å². The summed E-state index contributed by atoms with van der Waals surface area (Å²) in [4.78, 5) is 33.3. The Hall–Kier alpha value is -2.45. The van der Waals surface area contributed by atoms with Crippen LogP contribution >= 0.6 is 0 Å². The lowest BCUT2D eigenvalue weighted by atomic mass is 10.1. The maximum atomic E-state index is 11.5. The van der Waals surface area contributed by atoms with Gasteiger partial charge < -0.3 is 26.2 Å². The van der Waals surface area contributed by atoms with Crippen LogP contribution in [-0.4, -0.2) is 36.1 Å². The van der Waals surface area contributed by atoms with E-state index in [-0.39, 0.29) is 18.9 Å². The number of amides is 2. The summed E-state index contributed by atoms with van der Waals surface area (Å²) >= 11 is 0. The largest absolute Gasteiger partial charge is 0.480 e. The first kappa shape index (κ1) is 14.9. The summed E-state index contributed by atoms with van der Waals surface area (Å²) < 4.78 is 4.94. The lowest BCUT2D eigenvalue weighted by Crippen LogP contribution is -2.20. The molecule has 1 aromatic rings. The maximum absolute atomic E-state index is 11.5. The van der Waals surface area contributed by atoms with Crippen LogP contribution < -0.4 is 16.4 Å². The van der Waals surface area contributed by atoms with E-state index in [1.54, 1.807) is 18.2 Å². The fraction of sp³-hybridized carbons (Fsp3) is 0.308. The molecule has 8 heteroatoms. The van der Waals surface area contributed by atoms with Gasteiger partial charge in [-0.05, 0) is 17.7 Å². The van der Waals surface area contributed by atoms with E-state index in [1.807, 2.05) is 0 Å². The molecule has 0 spiro atoms. The summed E-state index contributed by atoms with van der Waals surface area (Å²) in [6.07, 6.45) is -0.238. The Balaban J connectivity index is 2.11. The van der Waals surface area contributed by atoms with Crippen LogP contribution in [0, 0.1) is 0 Å². The number of carboxylic acids is 1. The normalized spacial score (nSPS) is 15.5. The molecule has 1 atom stereocenters. The zero-order valence-electron chi connectivity index (χ0n) is 11.1. The van der Waals surface area contributed by atoms with Crippen LogP contribution in [0.3, 0.4) is 0 Å². The van der Waals surface area contributed by atoms with Crippen LogP contribution in [0.5, 0.6) is 0 Å². The van der Waals surface area contributed by atoms with Crippen LogP contribution in [0.25, 0.3) is 0 Å². The summed E-state index contributed by atoms with van der Waals surface area (Å²) in [6.45, 7) is -0.392.